The molecule has 2 rings (SSSR count). The molecule has 0 atom stereocenters. The van der Waals surface area contributed by atoms with Gasteiger partial charge in [-0.05, 0) is 50.8 Å². The van der Waals surface area contributed by atoms with Crippen LogP contribution in [-0.2, 0) is 14.7 Å². The molecule has 104 valence electrons. The summed E-state index contributed by atoms with van der Waals surface area (Å²) in [4.78, 5) is 3.80. The molecule has 1 aromatic heterocycles. The van der Waals surface area contributed by atoms with E-state index >= 15 is 0 Å². The van der Waals surface area contributed by atoms with E-state index < -0.39 is 73.7 Å². The molecule has 3 nitrogen and oxygen atoms in total. The second-order valence-corrected chi connectivity index (χ2v) is 5.57. The molecule has 0 aromatic carbocycles. The lowest BCUT2D eigenvalue weighted by atomic mass is 9.79. The van der Waals surface area contributed by atoms with Crippen molar-refractivity contribution in [2.24, 2.45) is 0 Å². The number of aromatic nitrogens is 1. The maximum atomic E-state index is 8.53. The molecule has 1 saturated heterocycles. The van der Waals surface area contributed by atoms with E-state index in [1.54, 1.807) is 27.7 Å². The molecule has 2 heterocycles. The first-order chi connectivity index (χ1) is 13.5. The largest absolute Gasteiger partial charge is 0.514 e. The summed E-state index contributed by atoms with van der Waals surface area (Å²) in [6.07, 6.45) is -0.891. The fourth-order valence-corrected chi connectivity index (χ4v) is 1.59. The molecule has 19 heavy (non-hydrogen) atoms. The number of pyridine rings is 1. The van der Waals surface area contributed by atoms with E-state index in [0.717, 1.165) is 0 Å². The van der Waals surface area contributed by atoms with Gasteiger partial charge in [0.1, 0.15) is 0 Å². The molecule has 0 bridgehead atoms. The lowest BCUT2D eigenvalue weighted by molar-refractivity contribution is 0.00578. The molecule has 1 fully saturated rings. The highest BCUT2D eigenvalue weighted by Crippen LogP contribution is 2.36. The lowest BCUT2D eigenvalue weighted by Crippen LogP contribution is -2.41. The average molecular weight is 273 g/mol. The molecule has 0 unspecified atom stereocenters. The van der Waals surface area contributed by atoms with Crippen molar-refractivity contribution in [3.63, 3.8) is 0 Å². The third-order valence-corrected chi connectivity index (χ3v) is 3.46. The van der Waals surface area contributed by atoms with E-state index in [1.165, 1.54) is 0 Å². The van der Waals surface area contributed by atoms with Crippen LogP contribution in [0.15, 0.2) is 18.3 Å². The zero-order valence-corrected chi connectivity index (χ0v) is 11.3. The van der Waals surface area contributed by atoms with E-state index in [4.69, 9.17) is 25.8 Å². The fourth-order valence-electron chi connectivity index (χ4n) is 1.59. The zero-order valence-electron chi connectivity index (χ0n) is 23.3. The number of nitrogens with zero attached hydrogens (tertiary/aromatic N) is 1. The van der Waals surface area contributed by atoms with Gasteiger partial charge < -0.3 is 9.31 Å². The Kier molecular flexibility index (Phi) is 1.25. The van der Waals surface area contributed by atoms with Crippen molar-refractivity contribution in [3.8, 4) is 0 Å². The maximum Gasteiger partial charge on any atom is 0.514 e. The quantitative estimate of drug-likeness (QED) is 0.737. The van der Waals surface area contributed by atoms with Crippen LogP contribution in [0.2, 0.25) is 0 Å². The molecule has 0 saturated carbocycles. The second kappa shape index (κ2) is 4.32. The molecule has 0 N–H and O–H groups in total. The van der Waals surface area contributed by atoms with Gasteiger partial charge in [-0.3, -0.25) is 4.98 Å². The van der Waals surface area contributed by atoms with Gasteiger partial charge in [-0.1, -0.05) is 20.6 Å². The van der Waals surface area contributed by atoms with Crippen molar-refractivity contribution in [2.45, 2.75) is 64.9 Å². The zero-order chi connectivity index (χ0) is 24.6. The Morgan fingerprint density at radius 3 is 2.32 bits per heavy atom. The molecule has 1 aliphatic rings. The predicted octanol–water partition coefficient (Wildman–Crippen LogP) is 2.68. The summed E-state index contributed by atoms with van der Waals surface area (Å²) in [5, 5.41) is 0. The first-order valence-electron chi connectivity index (χ1n) is 11.9. The van der Waals surface area contributed by atoms with Crippen molar-refractivity contribution >= 4 is 12.7 Å². The Bertz CT molecular complexity index is 823. The highest BCUT2D eigenvalue weighted by molar-refractivity contribution is 6.61. The molecule has 1 aliphatic heterocycles. The van der Waals surface area contributed by atoms with Crippen LogP contribution in [0.5, 0.6) is 0 Å². The Hall–Kier alpha value is -0.865. The molecule has 0 aliphatic carbocycles. The smallest absolute Gasteiger partial charge is 0.398 e. The van der Waals surface area contributed by atoms with E-state index in [2.05, 4.69) is 4.98 Å². The molecule has 0 amide bonds. The van der Waals surface area contributed by atoms with Gasteiger partial charge >= 0.3 is 7.12 Å². The van der Waals surface area contributed by atoms with Crippen LogP contribution in [0.3, 0.4) is 0 Å². The minimum absolute atomic E-state index is 0.461. The van der Waals surface area contributed by atoms with Crippen LogP contribution in [0.4, 0.5) is 0 Å². The molecule has 1 aromatic rings. The number of rotatable bonds is 1. The molecule has 0 radical (unpaired) electrons. The van der Waals surface area contributed by atoms with Crippen LogP contribution in [0.25, 0.3) is 0 Å². The fraction of sp³-hybridized carbons (Fsp3) is 0.667. The summed E-state index contributed by atoms with van der Waals surface area (Å²) in [6, 6.07) is -1.99. The predicted molar refractivity (Wildman–Crippen MR) is 78.7 cm³/mol. The Labute approximate surface area is 133 Å². The van der Waals surface area contributed by atoms with Crippen LogP contribution in [-0.4, -0.2) is 23.3 Å². The Morgan fingerprint density at radius 1 is 1.21 bits per heavy atom. The minimum Gasteiger partial charge on any atom is -0.398 e. The molecular formula is C15H24BNO2. The summed E-state index contributed by atoms with van der Waals surface area (Å²) in [5.41, 5.74) is -7.03. The van der Waals surface area contributed by atoms with Crippen molar-refractivity contribution in [2.75, 3.05) is 0 Å². The van der Waals surface area contributed by atoms with Gasteiger partial charge in [-0.15, -0.1) is 0 Å². The molecule has 0 spiro atoms. The highest BCUT2D eigenvalue weighted by atomic mass is 16.7. The summed E-state index contributed by atoms with van der Waals surface area (Å²) in [5.74, 6) is 0. The van der Waals surface area contributed by atoms with Crippen LogP contribution >= 0.6 is 0 Å². The maximum absolute atomic E-state index is 8.53. The summed E-state index contributed by atoms with van der Waals surface area (Å²) < 4.78 is 107. The summed E-state index contributed by atoms with van der Waals surface area (Å²) in [7, 11) is -1.40. The Balaban J connectivity index is 2.98. The second-order valence-electron chi connectivity index (χ2n) is 5.57. The number of hydrogen-bond acceptors (Lipinski definition) is 3. The number of hydrogen-bond donors (Lipinski definition) is 0. The van der Waals surface area contributed by atoms with E-state index in [0.29, 0.717) is 0 Å². The SMILES string of the molecule is [2H]c1nc(B2OC(C)(C)C(C)(C)O2)c([2H])c(C(C([2H])([2H])[2H])(C([2H])([2H])[2H])C([2H])([2H])[2H])c1[2H]. The monoisotopic (exact) mass is 273 g/mol. The summed E-state index contributed by atoms with van der Waals surface area (Å²) in [6.45, 7) is -4.29. The van der Waals surface area contributed by atoms with Gasteiger partial charge in [0.2, 0.25) is 0 Å². The van der Waals surface area contributed by atoms with Crippen molar-refractivity contribution in [3.05, 3.63) is 23.8 Å². The van der Waals surface area contributed by atoms with Crippen LogP contribution in [0, 0.1) is 0 Å². The van der Waals surface area contributed by atoms with E-state index in [9.17, 15) is 0 Å². The standard InChI is InChI=1S/C15H24BNO2/c1-13(2,3)11-8-9-17-12(10-11)16-18-14(4,5)15(6,7)19-16/h8-10H,1-7H3/i1D3,2D3,3D3,8D,9D,10D. The van der Waals surface area contributed by atoms with Crippen molar-refractivity contribution < 1.29 is 25.8 Å². The Morgan fingerprint density at radius 2 is 1.79 bits per heavy atom. The first-order valence-corrected chi connectivity index (χ1v) is 5.87. The van der Waals surface area contributed by atoms with Gasteiger partial charge in [0, 0.05) is 18.5 Å². The molecule has 4 heteroatoms. The third kappa shape index (κ3) is 2.70. The van der Waals surface area contributed by atoms with Crippen molar-refractivity contribution in [1.29, 1.82) is 0 Å². The van der Waals surface area contributed by atoms with Gasteiger partial charge in [-0.2, -0.15) is 0 Å². The first kappa shape index (κ1) is 5.49. The minimum atomic E-state index is -3.68. The van der Waals surface area contributed by atoms with Gasteiger partial charge in [-0.25, -0.2) is 0 Å². The van der Waals surface area contributed by atoms with Gasteiger partial charge in [0.25, 0.3) is 0 Å². The normalized spacial score (nSPS) is 32.9. The van der Waals surface area contributed by atoms with Crippen LogP contribution in [0.1, 0.15) is 70.3 Å². The highest BCUT2D eigenvalue weighted by Gasteiger charge is 2.52. The van der Waals surface area contributed by atoms with Gasteiger partial charge in [0.05, 0.1) is 20.9 Å². The average Bonchev–Trinajstić information content (AvgIpc) is 2.71. The van der Waals surface area contributed by atoms with E-state index in [1.807, 2.05) is 0 Å². The van der Waals surface area contributed by atoms with Gasteiger partial charge in [0.15, 0.2) is 0 Å². The van der Waals surface area contributed by atoms with E-state index in [-0.39, 0.29) is 0 Å². The third-order valence-electron chi connectivity index (χ3n) is 3.46. The summed E-state index contributed by atoms with van der Waals surface area (Å²) >= 11 is 0. The molecular weight excluding hydrogens is 237 g/mol. The van der Waals surface area contributed by atoms with Crippen LogP contribution < -0.4 is 5.59 Å². The topological polar surface area (TPSA) is 31.4 Å². The van der Waals surface area contributed by atoms with Crippen molar-refractivity contribution in [1.82, 2.24) is 4.98 Å². The lowest BCUT2D eigenvalue weighted by Gasteiger charge is -2.32.